The Labute approximate surface area is 544 Å². The molecule has 0 heterocycles. The Morgan fingerprint density at radius 2 is 0.575 bits per heavy atom. The number of esters is 1. The second-order valence-electron chi connectivity index (χ2n) is 27.4. The summed E-state index contributed by atoms with van der Waals surface area (Å²) in [6, 6.07) is -0.628. The van der Waals surface area contributed by atoms with Crippen molar-refractivity contribution in [3.8, 4) is 0 Å². The van der Waals surface area contributed by atoms with Crippen molar-refractivity contribution < 1.29 is 24.5 Å². The minimum Gasteiger partial charge on any atom is -0.466 e. The molecule has 0 aliphatic carbocycles. The minimum atomic E-state index is -0.845. The van der Waals surface area contributed by atoms with Gasteiger partial charge in [-0.2, -0.15) is 0 Å². The highest BCUT2D eigenvalue weighted by molar-refractivity contribution is 5.76. The first kappa shape index (κ1) is 85.1. The van der Waals surface area contributed by atoms with E-state index < -0.39 is 12.1 Å². The van der Waals surface area contributed by atoms with Crippen molar-refractivity contribution in [3.05, 3.63) is 36.5 Å². The molecule has 2 atom stereocenters. The molecule has 1 amide bonds. The maximum Gasteiger partial charge on any atom is 0.305 e. The maximum atomic E-state index is 12.6. The van der Waals surface area contributed by atoms with E-state index in [9.17, 15) is 19.8 Å². The molecule has 514 valence electrons. The second-order valence-corrected chi connectivity index (χ2v) is 27.4. The molecule has 0 aliphatic rings. The van der Waals surface area contributed by atoms with Gasteiger partial charge in [0.05, 0.1) is 25.4 Å². The zero-order valence-corrected chi connectivity index (χ0v) is 59.0. The fourth-order valence-corrected chi connectivity index (χ4v) is 12.6. The number of aliphatic hydroxyl groups excluding tert-OH is 2. The van der Waals surface area contributed by atoms with Gasteiger partial charge in [-0.05, 0) is 64.2 Å². The summed E-state index contributed by atoms with van der Waals surface area (Å²) in [5.41, 5.74) is 0. The molecule has 0 aromatic carbocycles. The number of ether oxygens (including phenoxy) is 1. The third-order valence-electron chi connectivity index (χ3n) is 18.7. The average molecular weight is 1220 g/mol. The lowest BCUT2D eigenvalue weighted by Crippen LogP contribution is -2.45. The van der Waals surface area contributed by atoms with Gasteiger partial charge < -0.3 is 20.3 Å². The average Bonchev–Trinajstić information content (AvgIpc) is 3.54. The lowest BCUT2D eigenvalue weighted by atomic mass is 10.0. The van der Waals surface area contributed by atoms with Gasteiger partial charge in [-0.15, -0.1) is 0 Å². The lowest BCUT2D eigenvalue weighted by Gasteiger charge is -2.20. The molecule has 87 heavy (non-hydrogen) atoms. The summed E-state index contributed by atoms with van der Waals surface area (Å²) in [7, 11) is 0. The summed E-state index contributed by atoms with van der Waals surface area (Å²) < 4.78 is 5.48. The van der Waals surface area contributed by atoms with Gasteiger partial charge in [-0.25, -0.2) is 0 Å². The second kappa shape index (κ2) is 76.5. The van der Waals surface area contributed by atoms with Crippen LogP contribution in [0, 0.1) is 0 Å². The summed E-state index contributed by atoms with van der Waals surface area (Å²) in [5, 5.41) is 23.3. The van der Waals surface area contributed by atoms with Crippen LogP contribution in [0.1, 0.15) is 444 Å². The number of carbonyl (C=O) groups excluding carboxylic acids is 2. The summed E-state index contributed by atoms with van der Waals surface area (Å²) in [6.45, 7) is 4.95. The molecule has 0 saturated carbocycles. The summed E-state index contributed by atoms with van der Waals surface area (Å²) in [6.07, 6.45) is 99.9. The van der Waals surface area contributed by atoms with Crippen molar-refractivity contribution in [2.75, 3.05) is 13.2 Å². The minimum absolute atomic E-state index is 0.0169. The van der Waals surface area contributed by atoms with Gasteiger partial charge in [0, 0.05) is 12.8 Å². The maximum absolute atomic E-state index is 12.6. The van der Waals surface area contributed by atoms with Crippen LogP contribution < -0.4 is 5.32 Å². The number of nitrogens with one attached hydrogen (secondary N) is 1. The molecular weight excluding hydrogens is 1070 g/mol. The third-order valence-corrected chi connectivity index (χ3v) is 18.7. The summed E-state index contributed by atoms with van der Waals surface area (Å²) >= 11 is 0. The van der Waals surface area contributed by atoms with E-state index in [2.05, 4.69) is 43.5 Å². The van der Waals surface area contributed by atoms with Crippen LogP contribution in [0.5, 0.6) is 0 Å². The van der Waals surface area contributed by atoms with Crippen LogP contribution in [0.15, 0.2) is 36.5 Å². The number of hydrogen-bond donors (Lipinski definition) is 3. The van der Waals surface area contributed by atoms with Gasteiger partial charge in [0.15, 0.2) is 0 Å². The smallest absolute Gasteiger partial charge is 0.305 e. The molecule has 0 aliphatic heterocycles. The van der Waals surface area contributed by atoms with Gasteiger partial charge in [-0.1, -0.05) is 403 Å². The van der Waals surface area contributed by atoms with Crippen LogP contribution in [-0.2, 0) is 14.3 Å². The first-order chi connectivity index (χ1) is 43.0. The SMILES string of the molecule is CCCCCCCCCCCCCCCCCCCCCCCC/C=C/C(O)C(CO)NC(=O)CCCCCCCCCCCCCCCCCCC/C=C\C/C=C\CCCCCCCCCCCCCOC(=O)CCCCCCCCCCCCC. The highest BCUT2D eigenvalue weighted by Gasteiger charge is 2.18. The Morgan fingerprint density at radius 3 is 0.874 bits per heavy atom. The molecule has 0 rings (SSSR count). The molecule has 0 aromatic heterocycles. The van der Waals surface area contributed by atoms with Gasteiger partial charge in [-0.3, -0.25) is 9.59 Å². The van der Waals surface area contributed by atoms with Crippen LogP contribution >= 0.6 is 0 Å². The molecular formula is C81H155NO5. The number of allylic oxidation sites excluding steroid dienone is 5. The van der Waals surface area contributed by atoms with Crippen LogP contribution in [-0.4, -0.2) is 47.4 Å². The standard InChI is InChI=1S/C81H155NO5/c1-3-5-7-9-11-13-15-16-17-18-19-20-21-35-38-41-44-47-50-54-57-61-65-69-73-79(84)78(77-83)82-80(85)74-70-66-62-58-55-51-48-45-42-39-36-33-31-29-27-25-23-22-24-26-28-30-32-34-37-40-43-46-49-52-56-60-64-68-72-76-87-81(86)75-71-67-63-59-53-14-12-10-8-6-4-2/h24,26,30,32,69,73,78-79,83-84H,3-23,25,27-29,31,33-68,70-72,74-77H2,1-2H3,(H,82,85)/b26-24-,32-30-,73-69+. The molecule has 6 heteroatoms. The molecule has 0 radical (unpaired) electrons. The van der Waals surface area contributed by atoms with E-state index in [1.54, 1.807) is 6.08 Å². The van der Waals surface area contributed by atoms with Crippen LogP contribution in [0.3, 0.4) is 0 Å². The van der Waals surface area contributed by atoms with Gasteiger partial charge in [0.1, 0.15) is 0 Å². The number of amides is 1. The monoisotopic (exact) mass is 1220 g/mol. The van der Waals surface area contributed by atoms with E-state index in [0.29, 0.717) is 19.4 Å². The molecule has 2 unspecified atom stereocenters. The van der Waals surface area contributed by atoms with Crippen molar-refractivity contribution >= 4 is 11.9 Å². The highest BCUT2D eigenvalue weighted by atomic mass is 16.5. The summed E-state index contributed by atoms with van der Waals surface area (Å²) in [5.74, 6) is -0.0438. The van der Waals surface area contributed by atoms with Gasteiger partial charge in [0.2, 0.25) is 5.91 Å². The number of rotatable bonds is 75. The number of unbranched alkanes of at least 4 members (excludes halogenated alkanes) is 60. The molecule has 0 bridgehead atoms. The topological polar surface area (TPSA) is 95.9 Å². The first-order valence-electron chi connectivity index (χ1n) is 39.8. The number of carbonyl (C=O) groups is 2. The van der Waals surface area contributed by atoms with E-state index in [4.69, 9.17) is 4.74 Å². The zero-order valence-electron chi connectivity index (χ0n) is 59.0. The van der Waals surface area contributed by atoms with Crippen molar-refractivity contribution in [1.29, 1.82) is 0 Å². The van der Waals surface area contributed by atoms with E-state index >= 15 is 0 Å². The van der Waals surface area contributed by atoms with E-state index in [0.717, 1.165) is 44.9 Å². The normalized spacial score (nSPS) is 12.6. The van der Waals surface area contributed by atoms with Crippen molar-refractivity contribution in [3.63, 3.8) is 0 Å². The predicted molar refractivity (Wildman–Crippen MR) is 384 cm³/mol. The third kappa shape index (κ3) is 73.0. The fraction of sp³-hybridized carbons (Fsp3) is 0.901. The van der Waals surface area contributed by atoms with E-state index in [1.165, 1.54) is 372 Å². The Morgan fingerprint density at radius 1 is 0.322 bits per heavy atom. The Kier molecular flexibility index (Phi) is 74.8. The van der Waals surface area contributed by atoms with Gasteiger partial charge >= 0.3 is 5.97 Å². The van der Waals surface area contributed by atoms with Crippen molar-refractivity contribution in [2.24, 2.45) is 0 Å². The summed E-state index contributed by atoms with van der Waals surface area (Å²) in [4.78, 5) is 24.6. The Hall–Kier alpha value is -1.92. The molecule has 3 N–H and O–H groups in total. The van der Waals surface area contributed by atoms with E-state index in [-0.39, 0.29) is 18.5 Å². The van der Waals surface area contributed by atoms with Crippen LogP contribution in [0.25, 0.3) is 0 Å². The van der Waals surface area contributed by atoms with Crippen LogP contribution in [0.4, 0.5) is 0 Å². The van der Waals surface area contributed by atoms with Gasteiger partial charge in [0.25, 0.3) is 0 Å². The quantitative estimate of drug-likeness (QED) is 0.0320. The predicted octanol–water partition coefficient (Wildman–Crippen LogP) is 26.2. The highest BCUT2D eigenvalue weighted by Crippen LogP contribution is 2.20. The largest absolute Gasteiger partial charge is 0.466 e. The molecule has 6 nitrogen and oxygen atoms in total. The molecule has 0 saturated heterocycles. The van der Waals surface area contributed by atoms with Crippen molar-refractivity contribution in [2.45, 2.75) is 456 Å². The molecule has 0 aromatic rings. The zero-order chi connectivity index (χ0) is 62.8. The Balaban J connectivity index is 3.40. The Bertz CT molecular complexity index is 1410. The fourth-order valence-electron chi connectivity index (χ4n) is 12.6. The molecule has 0 spiro atoms. The molecule has 0 fully saturated rings. The lowest BCUT2D eigenvalue weighted by molar-refractivity contribution is -0.143. The number of aliphatic hydroxyl groups is 2. The number of hydrogen-bond acceptors (Lipinski definition) is 5. The first-order valence-corrected chi connectivity index (χ1v) is 39.8. The van der Waals surface area contributed by atoms with Crippen molar-refractivity contribution in [1.82, 2.24) is 5.32 Å². The van der Waals surface area contributed by atoms with E-state index in [1.807, 2.05) is 6.08 Å². The van der Waals surface area contributed by atoms with Crippen LogP contribution in [0.2, 0.25) is 0 Å².